The number of aliphatic carboxylic acids is 2. The molecule has 2 saturated carbocycles. The first-order valence-electron chi connectivity index (χ1n) is 24.5. The predicted octanol–water partition coefficient (Wildman–Crippen LogP) is -1.98. The second-order valence-electron chi connectivity index (χ2n) is 19.2. The van der Waals surface area contributed by atoms with Crippen LogP contribution in [0.4, 0.5) is 21.2 Å². The van der Waals surface area contributed by atoms with Crippen molar-refractivity contribution in [2.75, 3.05) is 42.7 Å². The third kappa shape index (κ3) is 13.8. The maximum absolute atomic E-state index is 12.6. The van der Waals surface area contributed by atoms with E-state index in [4.69, 9.17) is 29.4 Å². The van der Waals surface area contributed by atoms with Crippen molar-refractivity contribution in [2.45, 2.75) is 137 Å². The Morgan fingerprint density at radius 1 is 0.711 bits per heavy atom. The summed E-state index contributed by atoms with van der Waals surface area (Å²) in [4.78, 5) is 96.3. The zero-order valence-corrected chi connectivity index (χ0v) is 42.3. The van der Waals surface area contributed by atoms with Gasteiger partial charge in [-0.3, -0.25) is 29.4 Å². The van der Waals surface area contributed by atoms with Crippen molar-refractivity contribution in [1.82, 2.24) is 55.0 Å². The number of hydrogen-bond acceptors (Lipinski definition) is 24. The summed E-state index contributed by atoms with van der Waals surface area (Å²) in [6.45, 7) is -0.846. The molecule has 3 saturated heterocycles. The molecule has 32 nitrogen and oxygen atoms in total. The van der Waals surface area contributed by atoms with Crippen molar-refractivity contribution in [3.63, 3.8) is 0 Å². The summed E-state index contributed by atoms with van der Waals surface area (Å²) in [5.74, 6) is -2.66. The molecule has 9 rings (SSSR count). The summed E-state index contributed by atoms with van der Waals surface area (Å²) in [5, 5.41) is 74.0. The first-order chi connectivity index (χ1) is 36.2. The molecule has 34 heteroatoms. The number of nitrogens with zero attached hydrogens (tertiary/aromatic N) is 8. The molecule has 5 aliphatic rings. The SMILES string of the molecule is NC(CP(=O)([O-])OC[C@H]1O[C@@H](n2cnc3c(NC(=O)NC4CCCC4)ncnc32)[C@@H](O)C1O)C(=O)O.O=C(Nc1ncnc2c1ncn2[C@@H]1O[C@H](COP(=O)([O-])CC2CCNC(C(=O)O)C2)C(O)[C@@H]1O)NC1CCCC1. The van der Waals surface area contributed by atoms with Crippen LogP contribution in [0.2, 0.25) is 0 Å². The Bertz CT molecular complexity index is 2800. The topological polar surface area (TPSA) is 480 Å². The molecule has 0 aromatic carbocycles. The number of nitrogens with two attached hydrogens (primary N) is 1. The predicted molar refractivity (Wildman–Crippen MR) is 256 cm³/mol. The van der Waals surface area contributed by atoms with Gasteiger partial charge in [0.2, 0.25) is 0 Å². The molecule has 4 aromatic heterocycles. The molecule has 13 N–H and O–H groups in total. The molecular formula is C42H60N14O18P2-2. The second-order valence-corrected chi connectivity index (χ2v) is 22.9. The fourth-order valence-corrected chi connectivity index (χ4v) is 12.3. The maximum atomic E-state index is 12.6. The van der Waals surface area contributed by atoms with E-state index in [1.807, 2.05) is 0 Å². The second kappa shape index (κ2) is 24.5. The van der Waals surface area contributed by atoms with Crippen LogP contribution in [0.5, 0.6) is 0 Å². The summed E-state index contributed by atoms with van der Waals surface area (Å²) >= 11 is 0. The van der Waals surface area contributed by atoms with Crippen LogP contribution in [0.1, 0.15) is 76.7 Å². The molecule has 0 spiro atoms. The average molecular weight is 1110 g/mol. The molecule has 4 amide bonds. The van der Waals surface area contributed by atoms with Crippen molar-refractivity contribution in [1.29, 1.82) is 0 Å². The number of aliphatic hydroxyl groups excluding tert-OH is 4. The molecule has 4 aromatic rings. The highest BCUT2D eigenvalue weighted by molar-refractivity contribution is 7.51. The fraction of sp³-hybridized carbons (Fsp3) is 0.667. The van der Waals surface area contributed by atoms with Gasteiger partial charge in [0.25, 0.3) is 0 Å². The summed E-state index contributed by atoms with van der Waals surface area (Å²) in [7, 11) is -9.06. The fourth-order valence-electron chi connectivity index (χ4n) is 9.72. The van der Waals surface area contributed by atoms with Crippen LogP contribution < -0.4 is 42.1 Å². The number of piperidine rings is 1. The van der Waals surface area contributed by atoms with Crippen LogP contribution >= 0.6 is 15.2 Å². The lowest BCUT2D eigenvalue weighted by Crippen LogP contribution is -2.44. The van der Waals surface area contributed by atoms with Gasteiger partial charge >= 0.3 is 24.0 Å². The zero-order chi connectivity index (χ0) is 54.5. The van der Waals surface area contributed by atoms with Gasteiger partial charge in [-0.1, -0.05) is 25.7 Å². The van der Waals surface area contributed by atoms with E-state index >= 15 is 0 Å². The molecule has 76 heavy (non-hydrogen) atoms. The normalized spacial score (nSPS) is 29.0. The van der Waals surface area contributed by atoms with Gasteiger partial charge < -0.3 is 89.8 Å². The molecule has 0 bridgehead atoms. The van der Waals surface area contributed by atoms with Crippen LogP contribution in [0.15, 0.2) is 25.3 Å². The summed E-state index contributed by atoms with van der Waals surface area (Å²) in [5.41, 5.74) is 6.07. The van der Waals surface area contributed by atoms with Gasteiger partial charge in [-0.2, -0.15) is 0 Å². The molecule has 13 atom stereocenters. The lowest BCUT2D eigenvalue weighted by atomic mass is 9.94. The monoisotopic (exact) mass is 1110 g/mol. The van der Waals surface area contributed by atoms with Crippen molar-refractivity contribution >= 4 is 73.2 Å². The first-order valence-corrected chi connectivity index (χ1v) is 28.0. The van der Waals surface area contributed by atoms with Crippen LogP contribution in [-0.4, -0.2) is 187 Å². The number of fused-ring (bicyclic) bond motifs is 2. The number of carboxylic acids is 2. The lowest BCUT2D eigenvalue weighted by Gasteiger charge is -2.33. The summed E-state index contributed by atoms with van der Waals surface area (Å²) < 4.78 is 48.6. The van der Waals surface area contributed by atoms with Gasteiger partial charge in [0.05, 0.1) is 25.9 Å². The van der Waals surface area contributed by atoms with Gasteiger partial charge in [-0.25, -0.2) is 39.5 Å². The molecule has 2 aliphatic carbocycles. The van der Waals surface area contributed by atoms with E-state index in [9.17, 15) is 63.6 Å². The van der Waals surface area contributed by atoms with E-state index in [1.165, 1.54) is 34.4 Å². The van der Waals surface area contributed by atoms with E-state index in [2.05, 4.69) is 56.5 Å². The number of carboxylic acid groups (broad SMARTS) is 2. The van der Waals surface area contributed by atoms with Gasteiger partial charge in [0, 0.05) is 24.4 Å². The van der Waals surface area contributed by atoms with Crippen LogP contribution in [0.3, 0.4) is 0 Å². The number of ether oxygens (including phenoxy) is 2. The smallest absolute Gasteiger partial charge is 0.320 e. The number of rotatable bonds is 18. The third-order valence-electron chi connectivity index (χ3n) is 13.7. The minimum atomic E-state index is -4.67. The number of aliphatic hydroxyl groups is 4. The zero-order valence-electron chi connectivity index (χ0n) is 40.6. The number of urea groups is 2. The Hall–Kier alpha value is -5.44. The Labute approximate surface area is 431 Å². The summed E-state index contributed by atoms with van der Waals surface area (Å²) in [6, 6.07) is -3.17. The molecule has 5 fully saturated rings. The quantitative estimate of drug-likeness (QED) is 0.0481. The number of hydrogen-bond donors (Lipinski definition) is 12. The van der Waals surface area contributed by atoms with Crippen LogP contribution in [-0.2, 0) is 37.2 Å². The highest BCUT2D eigenvalue weighted by Gasteiger charge is 2.46. The van der Waals surface area contributed by atoms with E-state index in [0.717, 1.165) is 51.4 Å². The molecule has 3 aliphatic heterocycles. The number of anilines is 2. The molecule has 7 heterocycles. The van der Waals surface area contributed by atoms with E-state index < -0.39 is 126 Å². The maximum Gasteiger partial charge on any atom is 0.320 e. The van der Waals surface area contributed by atoms with Crippen LogP contribution in [0, 0.1) is 5.92 Å². The van der Waals surface area contributed by atoms with Crippen molar-refractivity contribution in [2.24, 2.45) is 11.7 Å². The first kappa shape index (κ1) is 56.8. The minimum absolute atomic E-state index is 0.0897. The van der Waals surface area contributed by atoms with E-state index in [0.29, 0.717) is 13.0 Å². The number of carbonyl (C=O) groups is 4. The van der Waals surface area contributed by atoms with Crippen molar-refractivity contribution < 1.29 is 87.3 Å². The molecular weight excluding hydrogens is 1050 g/mol. The lowest BCUT2D eigenvalue weighted by molar-refractivity contribution is -0.203. The molecule has 7 unspecified atom stereocenters. The number of amides is 4. The van der Waals surface area contributed by atoms with Crippen molar-refractivity contribution in [3.8, 4) is 0 Å². The number of carbonyl (C=O) groups excluding carboxylic acids is 2. The molecule has 418 valence electrons. The molecule has 0 radical (unpaired) electrons. The third-order valence-corrected chi connectivity index (χ3v) is 16.6. The Kier molecular flexibility index (Phi) is 18.3. The number of imidazole rings is 2. The largest absolute Gasteiger partial charge is 0.778 e. The van der Waals surface area contributed by atoms with Crippen LogP contribution in [0.25, 0.3) is 22.3 Å². The van der Waals surface area contributed by atoms with Gasteiger partial charge in [0.15, 0.2) is 46.4 Å². The van der Waals surface area contributed by atoms with Crippen molar-refractivity contribution in [3.05, 3.63) is 25.3 Å². The highest BCUT2D eigenvalue weighted by atomic mass is 31.2. The average Bonchev–Trinajstić information content (AvgIpc) is 4.27. The highest BCUT2D eigenvalue weighted by Crippen LogP contribution is 2.44. The van der Waals surface area contributed by atoms with Gasteiger partial charge in [0.1, 0.15) is 76.6 Å². The Morgan fingerprint density at radius 2 is 1.17 bits per heavy atom. The standard InChI is InChI=1S/C23H34N7O9P.C19H28N7O9P/c31-17-15(8-38-40(36,37)9-12-5-6-24-14(7-12)22(33)34)39-21(18(17)32)30-11-27-16-19(25-10-26-20(16)30)29-23(35)28-13-3-1-2-4-13;20-10(18(29)30)6-36(32,33)34-5-11-13(27)14(28)17(35-11)26-8-23-12-15(21-7-22-16(12)26)25-19(31)24-9-3-1-2-4-9/h10-15,17-18,21,24,31-32H,1-9H2,(H,33,34)(H,36,37)(H2,25,26,28,29,35);7-11,13-14,17,27-28H,1-6,20H2,(H,29,30)(H,32,33)(H2,21,22,24,25,31)/p-2/t12?,14?,15-,17?,18+,21-;10?,11-,13?,14+,17-/m11/s1. The number of aromatic nitrogens is 8. The van der Waals surface area contributed by atoms with Gasteiger partial charge in [-0.05, 0) is 51.0 Å². The number of nitrogens with one attached hydrogen (secondary N) is 5. The minimum Gasteiger partial charge on any atom is -0.778 e. The summed E-state index contributed by atoms with van der Waals surface area (Å²) in [6.07, 6.45) is 1.34. The van der Waals surface area contributed by atoms with E-state index in [-0.39, 0.29) is 58.6 Å². The van der Waals surface area contributed by atoms with Gasteiger partial charge in [-0.15, -0.1) is 0 Å². The Balaban J connectivity index is 0.000000203. The Morgan fingerprint density at radius 3 is 1.62 bits per heavy atom. The van der Waals surface area contributed by atoms with E-state index in [1.54, 1.807) is 0 Å².